The van der Waals surface area contributed by atoms with Crippen molar-refractivity contribution in [3.05, 3.63) is 35.4 Å². The number of aliphatic carboxylic acids is 1. The van der Waals surface area contributed by atoms with Crippen LogP contribution in [-0.4, -0.2) is 11.1 Å². The maximum absolute atomic E-state index is 12.2. The molecule has 1 aromatic rings. The van der Waals surface area contributed by atoms with Crippen LogP contribution < -0.4 is 5.73 Å². The summed E-state index contributed by atoms with van der Waals surface area (Å²) in [7, 11) is 0. The maximum Gasteiger partial charge on any atom is 0.416 e. The van der Waals surface area contributed by atoms with Crippen molar-refractivity contribution in [2.75, 3.05) is 0 Å². The van der Waals surface area contributed by atoms with E-state index in [1.165, 1.54) is 6.07 Å². The Morgan fingerprint density at radius 1 is 1.40 bits per heavy atom. The zero-order valence-corrected chi connectivity index (χ0v) is 7.45. The first-order chi connectivity index (χ1) is 6.82. The molecule has 0 heterocycles. The minimum atomic E-state index is -4.49. The molecule has 0 aliphatic rings. The van der Waals surface area contributed by atoms with Crippen molar-refractivity contribution < 1.29 is 23.1 Å². The lowest BCUT2D eigenvalue weighted by Gasteiger charge is -2.10. The molecule has 0 saturated heterocycles. The van der Waals surface area contributed by atoms with E-state index in [2.05, 4.69) is 0 Å². The molecule has 0 radical (unpaired) electrons. The Bertz CT molecular complexity index is 376. The summed E-state index contributed by atoms with van der Waals surface area (Å²) in [6, 6.07) is 2.53. The first-order valence-corrected chi connectivity index (χ1v) is 3.98. The molecule has 0 aliphatic heterocycles. The quantitative estimate of drug-likeness (QED) is 0.796. The summed E-state index contributed by atoms with van der Waals surface area (Å²) in [6.45, 7) is 0. The van der Waals surface area contributed by atoms with Crippen molar-refractivity contribution in [3.8, 4) is 0 Å². The Hall–Kier alpha value is -1.56. The van der Waals surface area contributed by atoms with Crippen molar-refractivity contribution in [1.29, 1.82) is 0 Å². The van der Waals surface area contributed by atoms with Crippen molar-refractivity contribution in [1.82, 2.24) is 0 Å². The second-order valence-corrected chi connectivity index (χ2v) is 2.94. The van der Waals surface area contributed by atoms with Gasteiger partial charge in [-0.25, -0.2) is 0 Å². The fraction of sp³-hybridized carbons (Fsp3) is 0.222. The van der Waals surface area contributed by atoms with Gasteiger partial charge in [0.1, 0.15) is 6.04 Å². The lowest BCUT2D eigenvalue weighted by Crippen LogP contribution is -2.21. The first-order valence-electron chi connectivity index (χ1n) is 3.98. The molecular formula is C9H8F3NO2. The largest absolute Gasteiger partial charge is 0.480 e. The van der Waals surface area contributed by atoms with Crippen molar-refractivity contribution >= 4 is 5.97 Å². The number of hydrogen-bond donors (Lipinski definition) is 2. The number of carbonyl (C=O) groups is 1. The van der Waals surface area contributed by atoms with Crippen LogP contribution in [0, 0.1) is 0 Å². The highest BCUT2D eigenvalue weighted by Gasteiger charge is 2.31. The molecule has 6 heteroatoms. The first kappa shape index (κ1) is 11.5. The molecule has 15 heavy (non-hydrogen) atoms. The van der Waals surface area contributed by atoms with Crippen LogP contribution in [0.3, 0.4) is 0 Å². The van der Waals surface area contributed by atoms with Gasteiger partial charge in [0.2, 0.25) is 0 Å². The van der Waals surface area contributed by atoms with Gasteiger partial charge < -0.3 is 10.8 Å². The van der Waals surface area contributed by atoms with Crippen LogP contribution in [0.4, 0.5) is 13.2 Å². The van der Waals surface area contributed by atoms with E-state index in [9.17, 15) is 18.0 Å². The smallest absolute Gasteiger partial charge is 0.416 e. The van der Waals surface area contributed by atoms with Crippen molar-refractivity contribution in [3.63, 3.8) is 0 Å². The molecule has 0 aliphatic carbocycles. The summed E-state index contributed by atoms with van der Waals surface area (Å²) < 4.78 is 36.7. The predicted molar refractivity (Wildman–Crippen MR) is 46.0 cm³/mol. The van der Waals surface area contributed by atoms with Gasteiger partial charge in [-0.3, -0.25) is 4.79 Å². The highest BCUT2D eigenvalue weighted by molar-refractivity contribution is 5.75. The second kappa shape index (κ2) is 3.90. The molecule has 0 spiro atoms. The summed E-state index contributed by atoms with van der Waals surface area (Å²) in [5, 5.41) is 8.52. The van der Waals surface area contributed by atoms with E-state index in [-0.39, 0.29) is 5.56 Å². The minimum absolute atomic E-state index is 0.0719. The van der Waals surface area contributed by atoms with Gasteiger partial charge >= 0.3 is 12.1 Å². The van der Waals surface area contributed by atoms with Crippen LogP contribution in [-0.2, 0) is 11.0 Å². The molecule has 0 bridgehead atoms. The average Bonchev–Trinajstić information content (AvgIpc) is 2.15. The molecule has 0 aromatic heterocycles. The van der Waals surface area contributed by atoms with E-state index in [1.807, 2.05) is 0 Å². The van der Waals surface area contributed by atoms with Crippen molar-refractivity contribution in [2.45, 2.75) is 12.2 Å². The molecule has 1 atom stereocenters. The summed E-state index contributed by atoms with van der Waals surface area (Å²) >= 11 is 0. The molecule has 1 aromatic carbocycles. The van der Waals surface area contributed by atoms with Gasteiger partial charge in [-0.1, -0.05) is 12.1 Å². The van der Waals surface area contributed by atoms with E-state index >= 15 is 0 Å². The fourth-order valence-corrected chi connectivity index (χ4v) is 1.05. The molecule has 3 nitrogen and oxygen atoms in total. The fourth-order valence-electron chi connectivity index (χ4n) is 1.05. The minimum Gasteiger partial charge on any atom is -0.480 e. The third kappa shape index (κ3) is 2.69. The number of carboxylic acids is 1. The number of hydrogen-bond acceptors (Lipinski definition) is 2. The van der Waals surface area contributed by atoms with Gasteiger partial charge in [0.25, 0.3) is 0 Å². The Kier molecular flexibility index (Phi) is 2.99. The van der Waals surface area contributed by atoms with Gasteiger partial charge in [0.15, 0.2) is 0 Å². The molecule has 3 N–H and O–H groups in total. The number of halogens is 3. The van der Waals surface area contributed by atoms with Gasteiger partial charge in [0.05, 0.1) is 5.56 Å². The molecule has 1 rings (SSSR count). The second-order valence-electron chi connectivity index (χ2n) is 2.94. The summed E-state index contributed by atoms with van der Waals surface area (Å²) in [4.78, 5) is 10.5. The Morgan fingerprint density at radius 2 is 2.00 bits per heavy atom. The van der Waals surface area contributed by atoms with Crippen molar-refractivity contribution in [2.24, 2.45) is 5.73 Å². The third-order valence-electron chi connectivity index (χ3n) is 1.84. The van der Waals surface area contributed by atoms with Crippen LogP contribution in [0.15, 0.2) is 24.3 Å². The van der Waals surface area contributed by atoms with E-state index < -0.39 is 23.8 Å². The Labute approximate surface area is 83.3 Å². The third-order valence-corrected chi connectivity index (χ3v) is 1.84. The zero-order chi connectivity index (χ0) is 11.6. The summed E-state index contributed by atoms with van der Waals surface area (Å²) in [6.07, 6.45) is -4.49. The number of rotatable bonds is 2. The molecular weight excluding hydrogens is 211 g/mol. The molecule has 82 valence electrons. The topological polar surface area (TPSA) is 63.3 Å². The SMILES string of the molecule is NC(C(=O)O)c1cccc(C(F)(F)F)c1. The van der Waals surface area contributed by atoms with Crippen LogP contribution in [0.25, 0.3) is 0 Å². The lowest BCUT2D eigenvalue weighted by molar-refractivity contribution is -0.140. The average molecular weight is 219 g/mol. The van der Waals surface area contributed by atoms with Gasteiger partial charge in [-0.2, -0.15) is 13.2 Å². The highest BCUT2D eigenvalue weighted by atomic mass is 19.4. The molecule has 0 fully saturated rings. The zero-order valence-electron chi connectivity index (χ0n) is 7.45. The Balaban J connectivity index is 3.08. The van der Waals surface area contributed by atoms with Gasteiger partial charge in [-0.15, -0.1) is 0 Å². The van der Waals surface area contributed by atoms with E-state index in [0.29, 0.717) is 0 Å². The van der Waals surface area contributed by atoms with E-state index in [0.717, 1.165) is 18.2 Å². The summed E-state index contributed by atoms with van der Waals surface area (Å²) in [5.74, 6) is -1.37. The normalized spacial score (nSPS) is 13.6. The number of benzene rings is 1. The van der Waals surface area contributed by atoms with E-state index in [1.54, 1.807) is 0 Å². The molecule has 0 amide bonds. The van der Waals surface area contributed by atoms with E-state index in [4.69, 9.17) is 10.8 Å². The van der Waals surface area contributed by atoms with Crippen LogP contribution in [0.5, 0.6) is 0 Å². The Morgan fingerprint density at radius 3 is 2.47 bits per heavy atom. The number of alkyl halides is 3. The predicted octanol–water partition coefficient (Wildman–Crippen LogP) is 1.79. The monoisotopic (exact) mass is 219 g/mol. The standard InChI is InChI=1S/C9H8F3NO2/c10-9(11,12)6-3-1-2-5(4-6)7(13)8(14)15/h1-4,7H,13H2,(H,14,15). The van der Waals surface area contributed by atoms with Crippen LogP contribution >= 0.6 is 0 Å². The maximum atomic E-state index is 12.2. The van der Waals surface area contributed by atoms with Crippen LogP contribution in [0.2, 0.25) is 0 Å². The molecule has 1 unspecified atom stereocenters. The lowest BCUT2D eigenvalue weighted by atomic mass is 10.0. The van der Waals surface area contributed by atoms with Crippen LogP contribution in [0.1, 0.15) is 17.2 Å². The van der Waals surface area contributed by atoms with Gasteiger partial charge in [0, 0.05) is 0 Å². The number of carboxylic acid groups (broad SMARTS) is 1. The summed E-state index contributed by atoms with van der Waals surface area (Å²) in [5.41, 5.74) is 4.21. The molecule has 0 saturated carbocycles. The van der Waals surface area contributed by atoms with Gasteiger partial charge in [-0.05, 0) is 17.7 Å². The number of nitrogens with two attached hydrogens (primary N) is 1. The highest BCUT2D eigenvalue weighted by Crippen LogP contribution is 2.30.